The van der Waals surface area contributed by atoms with Gasteiger partial charge in [0.1, 0.15) is 5.25 Å². The van der Waals surface area contributed by atoms with Crippen molar-refractivity contribution in [2.75, 3.05) is 25.3 Å². The van der Waals surface area contributed by atoms with E-state index >= 15 is 0 Å². The molecule has 0 bridgehead atoms. The van der Waals surface area contributed by atoms with Crippen molar-refractivity contribution in [3.05, 3.63) is 18.2 Å². The minimum absolute atomic E-state index is 0.224. The fourth-order valence-electron chi connectivity index (χ4n) is 1.83. The van der Waals surface area contributed by atoms with E-state index in [-0.39, 0.29) is 5.91 Å². The molecule has 1 rings (SSSR count). The van der Waals surface area contributed by atoms with Gasteiger partial charge in [0, 0.05) is 23.2 Å². The summed E-state index contributed by atoms with van der Waals surface area (Å²) in [5.74, 6) is -2.03. The summed E-state index contributed by atoms with van der Waals surface area (Å²) in [5, 5.41) is 1.82. The van der Waals surface area contributed by atoms with E-state index in [1.807, 2.05) is 0 Å². The summed E-state index contributed by atoms with van der Waals surface area (Å²) in [7, 11) is 2.50. The summed E-state index contributed by atoms with van der Waals surface area (Å²) in [6, 6.07) is 4.91. The molecular formula is C15H20N2O5S. The zero-order chi connectivity index (χ0) is 17.6. The number of nitrogens with two attached hydrogens (primary N) is 1. The number of thioether (sulfide) groups is 1. The van der Waals surface area contributed by atoms with E-state index in [0.29, 0.717) is 16.3 Å². The SMILES string of the molecule is COC(=O)[C@@H](Sc1cc(NC(C)=O)ccc1N)[C@@H](C)C(=O)OC. The lowest BCUT2D eigenvalue weighted by Gasteiger charge is -2.20. The first kappa shape index (κ1) is 18.8. The van der Waals surface area contributed by atoms with E-state index in [1.54, 1.807) is 25.1 Å². The number of hydrogen-bond donors (Lipinski definition) is 2. The number of amides is 1. The van der Waals surface area contributed by atoms with Gasteiger partial charge in [0.15, 0.2) is 0 Å². The summed E-state index contributed by atoms with van der Waals surface area (Å²) in [6.45, 7) is 2.97. The lowest BCUT2D eigenvalue weighted by Crippen LogP contribution is -2.32. The van der Waals surface area contributed by atoms with E-state index < -0.39 is 23.1 Å². The van der Waals surface area contributed by atoms with Crippen molar-refractivity contribution in [2.45, 2.75) is 24.0 Å². The number of nitrogens with one attached hydrogen (secondary N) is 1. The second-order valence-electron chi connectivity index (χ2n) is 4.81. The molecular weight excluding hydrogens is 320 g/mol. The minimum atomic E-state index is -0.817. The average molecular weight is 340 g/mol. The summed E-state index contributed by atoms with van der Waals surface area (Å²) in [4.78, 5) is 35.4. The Bertz CT molecular complexity index is 606. The Labute approximate surface area is 138 Å². The number of methoxy groups -OCH3 is 2. The van der Waals surface area contributed by atoms with Gasteiger partial charge in [0.25, 0.3) is 0 Å². The third kappa shape index (κ3) is 5.17. The van der Waals surface area contributed by atoms with Crippen molar-refractivity contribution >= 4 is 41.0 Å². The van der Waals surface area contributed by atoms with Crippen LogP contribution in [0.1, 0.15) is 13.8 Å². The van der Waals surface area contributed by atoms with Crippen molar-refractivity contribution in [2.24, 2.45) is 5.92 Å². The van der Waals surface area contributed by atoms with Crippen molar-refractivity contribution in [3.63, 3.8) is 0 Å². The van der Waals surface area contributed by atoms with Gasteiger partial charge in [-0.1, -0.05) is 6.92 Å². The first-order valence-corrected chi connectivity index (χ1v) is 7.67. The van der Waals surface area contributed by atoms with Gasteiger partial charge < -0.3 is 20.5 Å². The molecule has 2 atom stereocenters. The molecule has 23 heavy (non-hydrogen) atoms. The topological polar surface area (TPSA) is 108 Å². The molecule has 0 saturated heterocycles. The molecule has 3 N–H and O–H groups in total. The van der Waals surface area contributed by atoms with Gasteiger partial charge in [-0.3, -0.25) is 14.4 Å². The number of carbonyl (C=O) groups is 3. The molecule has 0 radical (unpaired) electrons. The van der Waals surface area contributed by atoms with Crippen molar-refractivity contribution in [3.8, 4) is 0 Å². The number of rotatable bonds is 6. The van der Waals surface area contributed by atoms with Gasteiger partial charge in [0.2, 0.25) is 5.91 Å². The average Bonchev–Trinajstić information content (AvgIpc) is 2.52. The normalized spacial score (nSPS) is 12.9. The molecule has 7 nitrogen and oxygen atoms in total. The van der Waals surface area contributed by atoms with Gasteiger partial charge >= 0.3 is 11.9 Å². The van der Waals surface area contributed by atoms with Crippen LogP contribution in [0.15, 0.2) is 23.1 Å². The smallest absolute Gasteiger partial charge is 0.320 e. The Hall–Kier alpha value is -2.22. The summed E-state index contributed by atoms with van der Waals surface area (Å²) < 4.78 is 9.44. The minimum Gasteiger partial charge on any atom is -0.469 e. The van der Waals surface area contributed by atoms with Gasteiger partial charge in [-0.05, 0) is 18.2 Å². The molecule has 1 amide bonds. The van der Waals surface area contributed by atoms with Crippen molar-refractivity contribution < 1.29 is 23.9 Å². The molecule has 0 saturated carbocycles. The second kappa shape index (κ2) is 8.42. The molecule has 1 aromatic rings. The molecule has 0 heterocycles. The standard InChI is InChI=1S/C15H20N2O5S/c1-8(14(19)21-3)13(15(20)22-4)23-12-7-10(17-9(2)18)5-6-11(12)16/h5-8,13H,16H2,1-4H3,(H,17,18)/t8-,13+/m1/s1. The lowest BCUT2D eigenvalue weighted by atomic mass is 10.1. The first-order valence-electron chi connectivity index (χ1n) is 6.79. The Morgan fingerprint density at radius 2 is 1.78 bits per heavy atom. The largest absolute Gasteiger partial charge is 0.469 e. The van der Waals surface area contributed by atoms with Crippen LogP contribution in [0.2, 0.25) is 0 Å². The van der Waals surface area contributed by atoms with E-state index in [4.69, 9.17) is 10.5 Å². The van der Waals surface area contributed by atoms with Crippen LogP contribution < -0.4 is 11.1 Å². The van der Waals surface area contributed by atoms with E-state index in [2.05, 4.69) is 10.1 Å². The van der Waals surface area contributed by atoms with E-state index in [9.17, 15) is 14.4 Å². The predicted molar refractivity (Wildman–Crippen MR) is 88.0 cm³/mol. The maximum Gasteiger partial charge on any atom is 0.320 e. The van der Waals surface area contributed by atoms with E-state index in [0.717, 1.165) is 11.8 Å². The molecule has 1 aromatic carbocycles. The maximum absolute atomic E-state index is 12.0. The van der Waals surface area contributed by atoms with Gasteiger partial charge in [-0.2, -0.15) is 0 Å². The highest BCUT2D eigenvalue weighted by Gasteiger charge is 2.33. The van der Waals surface area contributed by atoms with Crippen LogP contribution in [0.3, 0.4) is 0 Å². The highest BCUT2D eigenvalue weighted by atomic mass is 32.2. The number of ether oxygens (including phenoxy) is 2. The Kier molecular flexibility index (Phi) is 6.89. The number of benzene rings is 1. The fourth-order valence-corrected chi connectivity index (χ4v) is 3.01. The highest BCUT2D eigenvalue weighted by Crippen LogP contribution is 2.35. The Balaban J connectivity index is 3.09. The molecule has 0 fully saturated rings. The third-order valence-electron chi connectivity index (χ3n) is 3.05. The summed E-state index contributed by atoms with van der Waals surface area (Å²) >= 11 is 1.09. The number of anilines is 2. The molecule has 8 heteroatoms. The summed E-state index contributed by atoms with van der Waals surface area (Å²) in [5.41, 5.74) is 6.89. The predicted octanol–water partition coefficient (Wildman–Crippen LogP) is 1.67. The molecule has 0 aromatic heterocycles. The van der Waals surface area contributed by atoms with Crippen molar-refractivity contribution in [1.82, 2.24) is 0 Å². The van der Waals surface area contributed by atoms with E-state index in [1.165, 1.54) is 21.1 Å². The fraction of sp³-hybridized carbons (Fsp3) is 0.400. The summed E-state index contributed by atoms with van der Waals surface area (Å²) in [6.07, 6.45) is 0. The lowest BCUT2D eigenvalue weighted by molar-refractivity contribution is -0.150. The van der Waals surface area contributed by atoms with Crippen LogP contribution in [0.4, 0.5) is 11.4 Å². The number of carbonyl (C=O) groups excluding carboxylic acids is 3. The maximum atomic E-state index is 12.0. The zero-order valence-electron chi connectivity index (χ0n) is 13.4. The molecule has 0 unspecified atom stereocenters. The Morgan fingerprint density at radius 1 is 1.17 bits per heavy atom. The van der Waals surface area contributed by atoms with Crippen molar-refractivity contribution in [1.29, 1.82) is 0 Å². The van der Waals surface area contributed by atoms with Crippen LogP contribution in [0, 0.1) is 5.92 Å². The monoisotopic (exact) mass is 340 g/mol. The quantitative estimate of drug-likeness (QED) is 0.461. The molecule has 0 aliphatic heterocycles. The molecule has 0 aliphatic rings. The number of hydrogen-bond acceptors (Lipinski definition) is 7. The Morgan fingerprint density at radius 3 is 2.30 bits per heavy atom. The first-order chi connectivity index (χ1) is 10.8. The molecule has 0 spiro atoms. The number of nitrogen functional groups attached to an aromatic ring is 1. The number of esters is 2. The highest BCUT2D eigenvalue weighted by molar-refractivity contribution is 8.00. The van der Waals surface area contributed by atoms with Gasteiger partial charge in [-0.15, -0.1) is 11.8 Å². The van der Waals surface area contributed by atoms with Gasteiger partial charge in [-0.25, -0.2) is 0 Å². The van der Waals surface area contributed by atoms with Gasteiger partial charge in [0.05, 0.1) is 20.1 Å². The van der Waals surface area contributed by atoms with Crippen LogP contribution in [0.5, 0.6) is 0 Å². The zero-order valence-corrected chi connectivity index (χ0v) is 14.2. The second-order valence-corrected chi connectivity index (χ2v) is 5.99. The molecule has 126 valence electrons. The van der Waals surface area contributed by atoms with Crippen LogP contribution >= 0.6 is 11.8 Å². The van der Waals surface area contributed by atoms with Crippen LogP contribution in [0.25, 0.3) is 0 Å². The third-order valence-corrected chi connectivity index (χ3v) is 4.51. The van der Waals surface area contributed by atoms with Crippen LogP contribution in [-0.4, -0.2) is 37.3 Å². The molecule has 0 aliphatic carbocycles. The van der Waals surface area contributed by atoms with Crippen LogP contribution in [-0.2, 0) is 23.9 Å².